The summed E-state index contributed by atoms with van der Waals surface area (Å²) in [6, 6.07) is 4.78. The lowest BCUT2D eigenvalue weighted by Crippen LogP contribution is -2.13. The topological polar surface area (TPSA) is 26.0 Å². The number of hydrogen-bond donors (Lipinski definition) is 1. The van der Waals surface area contributed by atoms with Crippen molar-refractivity contribution in [3.05, 3.63) is 34.4 Å². The maximum Gasteiger partial charge on any atom is 0.0300 e. The molecule has 1 aromatic rings. The molecule has 0 aliphatic heterocycles. The molecule has 1 aliphatic rings. The third kappa shape index (κ3) is 2.40. The predicted molar refractivity (Wildman–Crippen MR) is 64.9 cm³/mol. The molecule has 1 aromatic carbocycles. The highest BCUT2D eigenvalue weighted by atomic mass is 14.6. The van der Waals surface area contributed by atoms with Gasteiger partial charge in [-0.2, -0.15) is 0 Å². The van der Waals surface area contributed by atoms with E-state index >= 15 is 0 Å². The fraction of sp³-hybridized carbons (Fsp3) is 0.571. The van der Waals surface area contributed by atoms with Crippen molar-refractivity contribution in [1.29, 1.82) is 0 Å². The zero-order valence-electron chi connectivity index (χ0n) is 10.0. The number of nitrogens with two attached hydrogens (primary N) is 1. The van der Waals surface area contributed by atoms with Crippen LogP contribution < -0.4 is 5.73 Å². The standard InChI is InChI=1S/C14H21N/c1-9-6-11(3)13(7-10(9)2)14(15)8-12-4-5-12/h6-7,12,14H,4-5,8,15H2,1-3H3. The molecule has 0 bridgehead atoms. The summed E-state index contributed by atoms with van der Waals surface area (Å²) in [7, 11) is 0. The summed E-state index contributed by atoms with van der Waals surface area (Å²) in [5.74, 6) is 0.904. The van der Waals surface area contributed by atoms with Gasteiger partial charge in [-0.15, -0.1) is 0 Å². The molecule has 1 saturated carbocycles. The van der Waals surface area contributed by atoms with Gasteiger partial charge in [0.05, 0.1) is 0 Å². The van der Waals surface area contributed by atoms with Gasteiger partial charge < -0.3 is 5.73 Å². The minimum absolute atomic E-state index is 0.247. The summed E-state index contributed by atoms with van der Waals surface area (Å²) in [6.45, 7) is 6.51. The lowest BCUT2D eigenvalue weighted by Gasteiger charge is -2.16. The molecule has 82 valence electrons. The molecule has 0 radical (unpaired) electrons. The SMILES string of the molecule is Cc1cc(C)c(C(N)CC2CC2)cc1C. The van der Waals surface area contributed by atoms with Crippen LogP contribution in [0, 0.1) is 26.7 Å². The van der Waals surface area contributed by atoms with E-state index in [1.807, 2.05) is 0 Å². The Morgan fingerprint density at radius 1 is 1.13 bits per heavy atom. The van der Waals surface area contributed by atoms with Crippen molar-refractivity contribution in [3.8, 4) is 0 Å². The molecule has 1 atom stereocenters. The van der Waals surface area contributed by atoms with E-state index in [9.17, 15) is 0 Å². The Labute approximate surface area is 92.7 Å². The molecule has 0 heterocycles. The molecule has 0 amide bonds. The molecule has 2 N–H and O–H groups in total. The van der Waals surface area contributed by atoms with Crippen LogP contribution in [0.1, 0.15) is 47.6 Å². The van der Waals surface area contributed by atoms with Crippen LogP contribution in [0.15, 0.2) is 12.1 Å². The summed E-state index contributed by atoms with van der Waals surface area (Å²) in [4.78, 5) is 0. The van der Waals surface area contributed by atoms with Crippen molar-refractivity contribution in [1.82, 2.24) is 0 Å². The highest BCUT2D eigenvalue weighted by molar-refractivity contribution is 5.38. The van der Waals surface area contributed by atoms with Gasteiger partial charge in [-0.05, 0) is 55.4 Å². The average Bonchev–Trinajstić information content (AvgIpc) is 2.95. The van der Waals surface area contributed by atoms with Gasteiger partial charge >= 0.3 is 0 Å². The maximum absolute atomic E-state index is 6.26. The summed E-state index contributed by atoms with van der Waals surface area (Å²) in [5, 5.41) is 0. The third-order valence-electron chi connectivity index (χ3n) is 3.57. The fourth-order valence-electron chi connectivity index (χ4n) is 2.22. The minimum atomic E-state index is 0.247. The summed E-state index contributed by atoms with van der Waals surface area (Å²) >= 11 is 0. The van der Waals surface area contributed by atoms with Gasteiger partial charge in [-0.1, -0.05) is 25.0 Å². The highest BCUT2D eigenvalue weighted by Crippen LogP contribution is 2.37. The van der Waals surface area contributed by atoms with Crippen LogP contribution in [0.2, 0.25) is 0 Å². The fourth-order valence-corrected chi connectivity index (χ4v) is 2.22. The molecule has 1 fully saturated rings. The maximum atomic E-state index is 6.26. The number of benzene rings is 1. The summed E-state index contributed by atoms with van der Waals surface area (Å²) in [6.07, 6.45) is 3.94. The van der Waals surface area contributed by atoms with Crippen LogP contribution in [-0.4, -0.2) is 0 Å². The number of aryl methyl sites for hydroxylation is 3. The Kier molecular flexibility index (Phi) is 2.83. The van der Waals surface area contributed by atoms with Gasteiger partial charge in [0.2, 0.25) is 0 Å². The molecule has 2 rings (SSSR count). The Morgan fingerprint density at radius 3 is 2.33 bits per heavy atom. The smallest absolute Gasteiger partial charge is 0.0300 e. The molecule has 0 saturated heterocycles. The zero-order chi connectivity index (χ0) is 11.0. The van der Waals surface area contributed by atoms with Crippen molar-refractivity contribution in [2.24, 2.45) is 11.7 Å². The van der Waals surface area contributed by atoms with Gasteiger partial charge in [0, 0.05) is 6.04 Å². The Hall–Kier alpha value is -0.820. The van der Waals surface area contributed by atoms with E-state index in [2.05, 4.69) is 32.9 Å². The molecular formula is C14H21N. The van der Waals surface area contributed by atoms with E-state index < -0.39 is 0 Å². The zero-order valence-corrected chi connectivity index (χ0v) is 10.0. The number of rotatable bonds is 3. The second kappa shape index (κ2) is 3.97. The van der Waals surface area contributed by atoms with Gasteiger partial charge in [-0.3, -0.25) is 0 Å². The lowest BCUT2D eigenvalue weighted by molar-refractivity contribution is 0.594. The molecule has 1 aliphatic carbocycles. The Morgan fingerprint density at radius 2 is 1.73 bits per heavy atom. The first kappa shape index (κ1) is 10.7. The average molecular weight is 203 g/mol. The van der Waals surface area contributed by atoms with E-state index in [0.717, 1.165) is 5.92 Å². The molecule has 1 heteroatoms. The molecular weight excluding hydrogens is 182 g/mol. The monoisotopic (exact) mass is 203 g/mol. The predicted octanol–water partition coefficient (Wildman–Crippen LogP) is 3.41. The van der Waals surface area contributed by atoms with E-state index in [0.29, 0.717) is 0 Å². The van der Waals surface area contributed by atoms with E-state index in [1.165, 1.54) is 41.5 Å². The molecule has 0 spiro atoms. The van der Waals surface area contributed by atoms with Crippen molar-refractivity contribution in [2.75, 3.05) is 0 Å². The summed E-state index contributed by atoms with van der Waals surface area (Å²) < 4.78 is 0. The molecule has 1 nitrogen and oxygen atoms in total. The van der Waals surface area contributed by atoms with Crippen LogP contribution in [0.5, 0.6) is 0 Å². The second-order valence-corrected chi connectivity index (χ2v) is 5.08. The highest BCUT2D eigenvalue weighted by Gasteiger charge is 2.25. The first-order chi connectivity index (χ1) is 7.08. The van der Waals surface area contributed by atoms with Crippen molar-refractivity contribution < 1.29 is 0 Å². The van der Waals surface area contributed by atoms with Crippen LogP contribution in [0.25, 0.3) is 0 Å². The molecule has 1 unspecified atom stereocenters. The summed E-state index contributed by atoms with van der Waals surface area (Å²) in [5.41, 5.74) is 11.7. The Balaban J connectivity index is 2.21. The lowest BCUT2D eigenvalue weighted by atomic mass is 9.93. The van der Waals surface area contributed by atoms with Crippen molar-refractivity contribution in [2.45, 2.75) is 46.1 Å². The van der Waals surface area contributed by atoms with Crippen molar-refractivity contribution in [3.63, 3.8) is 0 Å². The first-order valence-corrected chi connectivity index (χ1v) is 5.91. The largest absolute Gasteiger partial charge is 0.324 e. The quantitative estimate of drug-likeness (QED) is 0.800. The number of hydrogen-bond acceptors (Lipinski definition) is 1. The van der Waals surface area contributed by atoms with E-state index in [4.69, 9.17) is 5.73 Å². The molecule has 0 aromatic heterocycles. The first-order valence-electron chi connectivity index (χ1n) is 5.91. The second-order valence-electron chi connectivity index (χ2n) is 5.08. The van der Waals surface area contributed by atoms with Crippen molar-refractivity contribution >= 4 is 0 Å². The van der Waals surface area contributed by atoms with E-state index in [1.54, 1.807) is 0 Å². The van der Waals surface area contributed by atoms with Crippen LogP contribution in [0.3, 0.4) is 0 Å². The van der Waals surface area contributed by atoms with Gasteiger partial charge in [0.15, 0.2) is 0 Å². The van der Waals surface area contributed by atoms with Gasteiger partial charge in [-0.25, -0.2) is 0 Å². The Bertz CT molecular complexity index is 364. The van der Waals surface area contributed by atoms with Gasteiger partial charge in [0.25, 0.3) is 0 Å². The van der Waals surface area contributed by atoms with Crippen LogP contribution in [-0.2, 0) is 0 Å². The van der Waals surface area contributed by atoms with Gasteiger partial charge in [0.1, 0.15) is 0 Å². The van der Waals surface area contributed by atoms with Crippen LogP contribution >= 0.6 is 0 Å². The third-order valence-corrected chi connectivity index (χ3v) is 3.57. The van der Waals surface area contributed by atoms with Crippen LogP contribution in [0.4, 0.5) is 0 Å². The normalized spacial score (nSPS) is 17.9. The molecule has 15 heavy (non-hydrogen) atoms. The van der Waals surface area contributed by atoms with E-state index in [-0.39, 0.29) is 6.04 Å². The minimum Gasteiger partial charge on any atom is -0.324 e.